The number of nitrogens with zero attached hydrogens (tertiary/aromatic N) is 1. The standard InChI is InChI=1S/C29H39N3O4/c1-4-24(27(30)33)25(17-20(2)3)28(34)31-26-15-8-9-16-32(29(26)35)19-21-11-10-14-23(18-21)36-22-12-6-5-7-13-22/h5-7,10-14,18,20,24-26H,4,8-9,15-17,19H2,1-3H3,(H2,30,33)(H,31,34)/t24-,25?,26-/m0/s1. The molecule has 3 atom stereocenters. The molecule has 2 aromatic carbocycles. The minimum Gasteiger partial charge on any atom is -0.457 e. The number of carbonyl (C=O) groups is 3. The Morgan fingerprint density at radius 3 is 2.44 bits per heavy atom. The van der Waals surface area contributed by atoms with Gasteiger partial charge in [-0.05, 0) is 67.9 Å². The number of benzene rings is 2. The molecule has 3 amide bonds. The predicted octanol–water partition coefficient (Wildman–Crippen LogP) is 4.65. The lowest BCUT2D eigenvalue weighted by Crippen LogP contribution is -2.50. The van der Waals surface area contributed by atoms with Crippen molar-refractivity contribution in [3.05, 3.63) is 60.2 Å². The zero-order valence-corrected chi connectivity index (χ0v) is 21.6. The highest BCUT2D eigenvalue weighted by molar-refractivity contribution is 5.91. The molecule has 7 heteroatoms. The predicted molar refractivity (Wildman–Crippen MR) is 140 cm³/mol. The monoisotopic (exact) mass is 493 g/mol. The molecule has 1 saturated heterocycles. The van der Waals surface area contributed by atoms with Crippen molar-refractivity contribution >= 4 is 17.7 Å². The van der Waals surface area contributed by atoms with E-state index in [-0.39, 0.29) is 17.7 Å². The number of para-hydroxylation sites is 1. The Balaban J connectivity index is 1.70. The van der Waals surface area contributed by atoms with Crippen molar-refractivity contribution in [2.24, 2.45) is 23.5 Å². The van der Waals surface area contributed by atoms with E-state index in [1.807, 2.05) is 80.3 Å². The number of nitrogens with two attached hydrogens (primary N) is 1. The fourth-order valence-corrected chi connectivity index (χ4v) is 4.87. The fraction of sp³-hybridized carbons (Fsp3) is 0.483. The molecule has 0 radical (unpaired) electrons. The minimum atomic E-state index is -0.608. The van der Waals surface area contributed by atoms with Gasteiger partial charge in [0.05, 0.1) is 0 Å². The lowest BCUT2D eigenvalue weighted by Gasteiger charge is -2.29. The van der Waals surface area contributed by atoms with Crippen LogP contribution in [0.1, 0.15) is 58.4 Å². The molecule has 36 heavy (non-hydrogen) atoms. The molecule has 1 unspecified atom stereocenters. The van der Waals surface area contributed by atoms with Gasteiger partial charge in [-0.15, -0.1) is 0 Å². The van der Waals surface area contributed by atoms with Gasteiger partial charge in [0.2, 0.25) is 17.7 Å². The zero-order chi connectivity index (χ0) is 26.1. The number of rotatable bonds is 11. The third kappa shape index (κ3) is 7.57. The summed E-state index contributed by atoms with van der Waals surface area (Å²) in [5.74, 6) is -0.218. The van der Waals surface area contributed by atoms with Crippen LogP contribution >= 0.6 is 0 Å². The number of amides is 3. The smallest absolute Gasteiger partial charge is 0.245 e. The number of ether oxygens (including phenoxy) is 1. The van der Waals surface area contributed by atoms with Gasteiger partial charge in [-0.2, -0.15) is 0 Å². The van der Waals surface area contributed by atoms with Crippen LogP contribution < -0.4 is 15.8 Å². The maximum atomic E-state index is 13.5. The van der Waals surface area contributed by atoms with Crippen LogP contribution in [0.25, 0.3) is 0 Å². The van der Waals surface area contributed by atoms with Gasteiger partial charge >= 0.3 is 0 Å². The van der Waals surface area contributed by atoms with E-state index in [1.165, 1.54) is 0 Å². The molecule has 1 aliphatic heterocycles. The summed E-state index contributed by atoms with van der Waals surface area (Å²) in [6.07, 6.45) is 3.33. The third-order valence-corrected chi connectivity index (χ3v) is 6.70. The molecule has 3 rings (SSSR count). The Kier molecular flexibility index (Phi) is 9.91. The van der Waals surface area contributed by atoms with Crippen LogP contribution in [0.15, 0.2) is 54.6 Å². The molecule has 0 saturated carbocycles. The van der Waals surface area contributed by atoms with Crippen LogP contribution in [0.4, 0.5) is 0 Å². The molecule has 194 valence electrons. The fourth-order valence-electron chi connectivity index (χ4n) is 4.87. The summed E-state index contributed by atoms with van der Waals surface area (Å²) in [6.45, 7) is 6.96. The molecule has 3 N–H and O–H groups in total. The van der Waals surface area contributed by atoms with Crippen LogP contribution in [-0.4, -0.2) is 35.2 Å². The third-order valence-electron chi connectivity index (χ3n) is 6.70. The van der Waals surface area contributed by atoms with Crippen molar-refractivity contribution in [3.8, 4) is 11.5 Å². The summed E-state index contributed by atoms with van der Waals surface area (Å²) in [5, 5.41) is 2.98. The van der Waals surface area contributed by atoms with Crippen LogP contribution in [0.2, 0.25) is 0 Å². The first-order valence-electron chi connectivity index (χ1n) is 13.0. The van der Waals surface area contributed by atoms with Crippen molar-refractivity contribution in [3.63, 3.8) is 0 Å². The topological polar surface area (TPSA) is 102 Å². The molecular weight excluding hydrogens is 454 g/mol. The van der Waals surface area contributed by atoms with Gasteiger partial charge in [-0.25, -0.2) is 0 Å². The normalized spacial score (nSPS) is 17.8. The molecule has 7 nitrogen and oxygen atoms in total. The van der Waals surface area contributed by atoms with Crippen LogP contribution in [0, 0.1) is 17.8 Å². The number of primary amides is 1. The average Bonchev–Trinajstić information content (AvgIpc) is 3.00. The first kappa shape index (κ1) is 27.2. The molecule has 1 fully saturated rings. The lowest BCUT2D eigenvalue weighted by molar-refractivity contribution is -0.139. The van der Waals surface area contributed by atoms with Crippen molar-refractivity contribution in [1.29, 1.82) is 0 Å². The van der Waals surface area contributed by atoms with Crippen LogP contribution in [0.3, 0.4) is 0 Å². The van der Waals surface area contributed by atoms with E-state index in [2.05, 4.69) is 5.32 Å². The summed E-state index contributed by atoms with van der Waals surface area (Å²) < 4.78 is 5.95. The Hall–Kier alpha value is -3.35. The summed E-state index contributed by atoms with van der Waals surface area (Å²) in [4.78, 5) is 40.6. The van der Waals surface area contributed by atoms with Crippen LogP contribution in [0.5, 0.6) is 11.5 Å². The van der Waals surface area contributed by atoms with E-state index >= 15 is 0 Å². The van der Waals surface area contributed by atoms with Gasteiger partial charge in [0.1, 0.15) is 17.5 Å². The maximum absolute atomic E-state index is 13.5. The van der Waals surface area contributed by atoms with Gasteiger partial charge in [-0.1, -0.05) is 51.1 Å². The number of nitrogens with one attached hydrogen (secondary N) is 1. The largest absolute Gasteiger partial charge is 0.457 e. The average molecular weight is 494 g/mol. The second-order valence-corrected chi connectivity index (χ2v) is 10.0. The number of carbonyl (C=O) groups excluding carboxylic acids is 3. The summed E-state index contributed by atoms with van der Waals surface area (Å²) in [5.41, 5.74) is 6.57. The van der Waals surface area contributed by atoms with Crippen LogP contribution in [-0.2, 0) is 20.9 Å². The van der Waals surface area contributed by atoms with Crippen molar-refractivity contribution in [2.75, 3.05) is 6.54 Å². The Morgan fingerprint density at radius 2 is 1.78 bits per heavy atom. The number of hydrogen-bond acceptors (Lipinski definition) is 4. The molecule has 2 aromatic rings. The number of hydrogen-bond donors (Lipinski definition) is 2. The summed E-state index contributed by atoms with van der Waals surface area (Å²) in [6, 6.07) is 16.7. The lowest BCUT2D eigenvalue weighted by atomic mass is 9.82. The van der Waals surface area contributed by atoms with Gasteiger partial charge in [0.25, 0.3) is 0 Å². The van der Waals surface area contributed by atoms with E-state index < -0.39 is 23.8 Å². The number of likely N-dealkylation sites (tertiary alicyclic amines) is 1. The molecule has 0 aliphatic carbocycles. The van der Waals surface area contributed by atoms with Gasteiger partial charge < -0.3 is 20.7 Å². The van der Waals surface area contributed by atoms with Gasteiger partial charge in [0.15, 0.2) is 0 Å². The Morgan fingerprint density at radius 1 is 1.06 bits per heavy atom. The maximum Gasteiger partial charge on any atom is 0.245 e. The highest BCUT2D eigenvalue weighted by Crippen LogP contribution is 2.26. The van der Waals surface area contributed by atoms with E-state index in [0.29, 0.717) is 38.1 Å². The minimum absolute atomic E-state index is 0.0920. The van der Waals surface area contributed by atoms with Crippen molar-refractivity contribution in [2.45, 2.75) is 65.5 Å². The molecule has 1 aliphatic rings. The van der Waals surface area contributed by atoms with Gasteiger partial charge in [0, 0.05) is 24.9 Å². The van der Waals surface area contributed by atoms with Crippen molar-refractivity contribution < 1.29 is 19.1 Å². The zero-order valence-electron chi connectivity index (χ0n) is 21.6. The van der Waals surface area contributed by atoms with E-state index in [9.17, 15) is 14.4 Å². The molecular formula is C29H39N3O4. The highest BCUT2D eigenvalue weighted by atomic mass is 16.5. The molecule has 1 heterocycles. The first-order valence-corrected chi connectivity index (χ1v) is 13.0. The second kappa shape index (κ2) is 13.1. The Labute approximate surface area is 214 Å². The van der Waals surface area contributed by atoms with E-state index in [0.717, 1.165) is 24.2 Å². The van der Waals surface area contributed by atoms with E-state index in [1.54, 1.807) is 0 Å². The second-order valence-electron chi connectivity index (χ2n) is 10.0. The van der Waals surface area contributed by atoms with Gasteiger partial charge in [-0.3, -0.25) is 14.4 Å². The summed E-state index contributed by atoms with van der Waals surface area (Å²) >= 11 is 0. The first-order chi connectivity index (χ1) is 17.3. The molecule has 0 bridgehead atoms. The van der Waals surface area contributed by atoms with E-state index in [4.69, 9.17) is 10.5 Å². The quantitative estimate of drug-likeness (QED) is 0.476. The molecule has 0 aromatic heterocycles. The Bertz CT molecular complexity index is 1020. The highest BCUT2D eigenvalue weighted by Gasteiger charge is 2.35. The SMILES string of the molecule is CC[C@H](C(N)=O)C(CC(C)C)C(=O)N[C@H]1CCCCN(Cc2cccc(Oc3ccccc3)c2)C1=O. The summed E-state index contributed by atoms with van der Waals surface area (Å²) in [7, 11) is 0. The molecule has 0 spiro atoms. The van der Waals surface area contributed by atoms with Crippen molar-refractivity contribution in [1.82, 2.24) is 10.2 Å².